The van der Waals surface area contributed by atoms with Gasteiger partial charge >= 0.3 is 0 Å². The highest BCUT2D eigenvalue weighted by atomic mass is 19.1. The summed E-state index contributed by atoms with van der Waals surface area (Å²) in [7, 11) is 0. The number of rotatable bonds is 4. The molecule has 0 saturated heterocycles. The van der Waals surface area contributed by atoms with Crippen molar-refractivity contribution in [3.8, 4) is 6.07 Å². The minimum absolute atomic E-state index is 0.118. The van der Waals surface area contributed by atoms with Crippen LogP contribution in [0, 0.1) is 23.2 Å². The second kappa shape index (κ2) is 7.00. The van der Waals surface area contributed by atoms with Gasteiger partial charge in [0, 0.05) is 28.6 Å². The van der Waals surface area contributed by atoms with Crippen LogP contribution >= 0.6 is 0 Å². The molecule has 1 aromatic carbocycles. The number of pyridine rings is 1. The van der Waals surface area contributed by atoms with Crippen LogP contribution in [0.3, 0.4) is 0 Å². The lowest BCUT2D eigenvalue weighted by Crippen LogP contribution is -2.39. The van der Waals surface area contributed by atoms with E-state index >= 15 is 0 Å². The second-order valence-electron chi connectivity index (χ2n) is 8.03. The van der Waals surface area contributed by atoms with Crippen LogP contribution in [-0.2, 0) is 24.2 Å². The molecule has 2 heterocycles. The number of nitrogens with zero attached hydrogens (tertiary/aromatic N) is 3. The average molecular weight is 388 g/mol. The summed E-state index contributed by atoms with van der Waals surface area (Å²) in [6.07, 6.45) is 4.45. The fourth-order valence-corrected chi connectivity index (χ4v) is 4.39. The summed E-state index contributed by atoms with van der Waals surface area (Å²) in [6.45, 7) is 0.481. The lowest BCUT2D eigenvalue weighted by Gasteiger charge is -2.25. The monoisotopic (exact) mass is 388 g/mol. The summed E-state index contributed by atoms with van der Waals surface area (Å²) < 4.78 is 15.8. The Morgan fingerprint density at radius 2 is 2.14 bits per heavy atom. The minimum Gasteiger partial charge on any atom is -0.353 e. The van der Waals surface area contributed by atoms with E-state index in [1.807, 2.05) is 24.3 Å². The summed E-state index contributed by atoms with van der Waals surface area (Å²) in [4.78, 5) is 16.2. The van der Waals surface area contributed by atoms with Gasteiger partial charge in [0.25, 0.3) is 0 Å². The first-order valence-corrected chi connectivity index (χ1v) is 10.1. The van der Waals surface area contributed by atoms with Crippen LogP contribution < -0.4 is 5.32 Å². The SMILES string of the molecule is N#Cc1ccc2c(c1)c1c(n2Cc2cccc(F)n2)CC[C@@H](NC(=O)C2CC2)C1. The van der Waals surface area contributed by atoms with Crippen LogP contribution in [0.5, 0.6) is 0 Å². The molecule has 1 N–H and O–H groups in total. The van der Waals surface area contributed by atoms with E-state index in [0.717, 1.165) is 43.0 Å². The molecule has 5 rings (SSSR count). The maximum absolute atomic E-state index is 13.6. The molecule has 1 saturated carbocycles. The molecule has 6 heteroatoms. The normalized spacial score (nSPS) is 18.3. The van der Waals surface area contributed by atoms with Crippen LogP contribution in [0.4, 0.5) is 4.39 Å². The molecule has 1 atom stereocenters. The molecule has 0 radical (unpaired) electrons. The van der Waals surface area contributed by atoms with E-state index in [4.69, 9.17) is 0 Å². The van der Waals surface area contributed by atoms with Crippen molar-refractivity contribution in [2.24, 2.45) is 5.92 Å². The van der Waals surface area contributed by atoms with Gasteiger partial charge in [-0.25, -0.2) is 4.98 Å². The molecule has 2 aromatic heterocycles. The predicted molar refractivity (Wildman–Crippen MR) is 107 cm³/mol. The van der Waals surface area contributed by atoms with Gasteiger partial charge in [-0.1, -0.05) is 6.07 Å². The maximum Gasteiger partial charge on any atom is 0.223 e. The molecule has 1 amide bonds. The third-order valence-electron chi connectivity index (χ3n) is 5.98. The molecule has 5 nitrogen and oxygen atoms in total. The van der Waals surface area contributed by atoms with Gasteiger partial charge in [-0.3, -0.25) is 4.79 Å². The fourth-order valence-electron chi connectivity index (χ4n) is 4.39. The largest absolute Gasteiger partial charge is 0.353 e. The molecule has 1 fully saturated rings. The number of nitriles is 1. The third-order valence-corrected chi connectivity index (χ3v) is 5.98. The van der Waals surface area contributed by atoms with Crippen molar-refractivity contribution in [3.63, 3.8) is 0 Å². The van der Waals surface area contributed by atoms with Crippen LogP contribution in [0.2, 0.25) is 0 Å². The number of carbonyl (C=O) groups is 1. The van der Waals surface area contributed by atoms with Gasteiger partial charge < -0.3 is 9.88 Å². The fraction of sp³-hybridized carbons (Fsp3) is 0.348. The molecule has 0 spiro atoms. The Bertz CT molecular complexity index is 1160. The second-order valence-corrected chi connectivity index (χ2v) is 8.03. The Morgan fingerprint density at radius 3 is 2.90 bits per heavy atom. The van der Waals surface area contributed by atoms with Crippen LogP contribution in [0.25, 0.3) is 10.9 Å². The highest BCUT2D eigenvalue weighted by Gasteiger charge is 2.33. The van der Waals surface area contributed by atoms with Crippen molar-refractivity contribution in [1.29, 1.82) is 5.26 Å². The number of hydrogen-bond donors (Lipinski definition) is 1. The zero-order chi connectivity index (χ0) is 20.0. The molecular weight excluding hydrogens is 367 g/mol. The summed E-state index contributed by atoms with van der Waals surface area (Å²) in [6, 6.07) is 12.9. The molecule has 3 aromatic rings. The summed E-state index contributed by atoms with van der Waals surface area (Å²) in [5.74, 6) is -0.117. The Balaban J connectivity index is 1.54. The van der Waals surface area contributed by atoms with Crippen LogP contribution in [0.1, 0.15) is 41.8 Å². The van der Waals surface area contributed by atoms with E-state index in [1.165, 1.54) is 17.3 Å². The van der Waals surface area contributed by atoms with Gasteiger partial charge in [-0.05, 0) is 68.0 Å². The Kier molecular flexibility index (Phi) is 4.31. The van der Waals surface area contributed by atoms with E-state index in [2.05, 4.69) is 20.9 Å². The van der Waals surface area contributed by atoms with Crippen molar-refractivity contribution in [2.75, 3.05) is 0 Å². The summed E-state index contributed by atoms with van der Waals surface area (Å²) in [5.41, 5.74) is 4.68. The first kappa shape index (κ1) is 17.9. The standard InChI is InChI=1S/C23H21FN4O/c24-22-3-1-2-17(26-22)13-28-20-8-4-14(12-25)10-18(20)19-11-16(7-9-21(19)28)27-23(29)15-5-6-15/h1-4,8,10,15-16H,5-7,9,11,13H2,(H,27,29)/t16-/m1/s1. The van der Waals surface area contributed by atoms with Crippen molar-refractivity contribution in [1.82, 2.24) is 14.9 Å². The van der Waals surface area contributed by atoms with Crippen molar-refractivity contribution in [3.05, 3.63) is 64.9 Å². The lowest BCUT2D eigenvalue weighted by atomic mass is 9.91. The third kappa shape index (κ3) is 3.38. The zero-order valence-electron chi connectivity index (χ0n) is 16.0. The smallest absolute Gasteiger partial charge is 0.223 e. The molecule has 146 valence electrons. The van der Waals surface area contributed by atoms with E-state index in [-0.39, 0.29) is 17.9 Å². The Labute approximate surface area is 168 Å². The van der Waals surface area contributed by atoms with Gasteiger partial charge in [0.15, 0.2) is 0 Å². The lowest BCUT2D eigenvalue weighted by molar-refractivity contribution is -0.123. The van der Waals surface area contributed by atoms with Gasteiger partial charge in [0.05, 0.1) is 23.9 Å². The van der Waals surface area contributed by atoms with E-state index in [9.17, 15) is 14.4 Å². The number of aromatic nitrogens is 2. The average Bonchev–Trinajstić information content (AvgIpc) is 3.53. The minimum atomic E-state index is -0.484. The van der Waals surface area contributed by atoms with Gasteiger partial charge in [0.1, 0.15) is 0 Å². The van der Waals surface area contributed by atoms with E-state index in [0.29, 0.717) is 17.8 Å². The maximum atomic E-state index is 13.6. The number of benzene rings is 1. The molecular formula is C23H21FN4O. The van der Waals surface area contributed by atoms with Gasteiger partial charge in [-0.15, -0.1) is 0 Å². The Hall–Kier alpha value is -3.20. The first-order valence-electron chi connectivity index (χ1n) is 10.1. The number of fused-ring (bicyclic) bond motifs is 3. The number of hydrogen-bond acceptors (Lipinski definition) is 3. The van der Waals surface area contributed by atoms with Crippen molar-refractivity contribution in [2.45, 2.75) is 44.7 Å². The van der Waals surface area contributed by atoms with Gasteiger partial charge in [-0.2, -0.15) is 9.65 Å². The molecule has 2 aliphatic rings. The first-order chi connectivity index (χ1) is 14.1. The van der Waals surface area contributed by atoms with Crippen LogP contribution in [0.15, 0.2) is 36.4 Å². The van der Waals surface area contributed by atoms with E-state index in [1.54, 1.807) is 6.07 Å². The summed E-state index contributed by atoms with van der Waals surface area (Å²) >= 11 is 0. The quantitative estimate of drug-likeness (QED) is 0.696. The highest BCUT2D eigenvalue weighted by molar-refractivity contribution is 5.87. The molecule has 2 aliphatic carbocycles. The zero-order valence-corrected chi connectivity index (χ0v) is 16.0. The van der Waals surface area contributed by atoms with E-state index < -0.39 is 5.95 Å². The number of carbonyl (C=O) groups excluding carboxylic acids is 1. The number of nitrogens with one attached hydrogen (secondary N) is 1. The molecule has 29 heavy (non-hydrogen) atoms. The molecule has 0 unspecified atom stereocenters. The number of halogens is 1. The molecule has 0 bridgehead atoms. The summed E-state index contributed by atoms with van der Waals surface area (Å²) in [5, 5.41) is 13.6. The topological polar surface area (TPSA) is 70.7 Å². The number of amides is 1. The van der Waals surface area contributed by atoms with Crippen molar-refractivity contribution < 1.29 is 9.18 Å². The van der Waals surface area contributed by atoms with Crippen LogP contribution in [-0.4, -0.2) is 21.5 Å². The Morgan fingerprint density at radius 1 is 1.28 bits per heavy atom. The van der Waals surface area contributed by atoms with Crippen molar-refractivity contribution >= 4 is 16.8 Å². The van der Waals surface area contributed by atoms with Gasteiger partial charge in [0.2, 0.25) is 11.9 Å². The molecule has 0 aliphatic heterocycles. The highest BCUT2D eigenvalue weighted by Crippen LogP contribution is 2.34. The predicted octanol–water partition coefficient (Wildman–Crippen LogP) is 3.48.